The van der Waals surface area contributed by atoms with Gasteiger partial charge in [-0.25, -0.2) is 4.79 Å². The van der Waals surface area contributed by atoms with E-state index in [2.05, 4.69) is 9.89 Å². The SMILES string of the molecule is O=C=Nc1ccccc1OCCN1CCOCC1. The van der Waals surface area contributed by atoms with Crippen LogP contribution >= 0.6 is 0 Å². The molecular formula is C13H16N2O3. The smallest absolute Gasteiger partial charge is 0.240 e. The van der Waals surface area contributed by atoms with E-state index in [1.54, 1.807) is 12.1 Å². The maximum atomic E-state index is 10.3. The molecule has 5 nitrogen and oxygen atoms in total. The minimum atomic E-state index is 0.523. The number of para-hydroxylation sites is 2. The van der Waals surface area contributed by atoms with E-state index in [4.69, 9.17) is 9.47 Å². The van der Waals surface area contributed by atoms with Crippen LogP contribution in [0, 0.1) is 0 Å². The lowest BCUT2D eigenvalue weighted by Gasteiger charge is -2.26. The molecule has 2 rings (SSSR count). The number of carbonyl (C=O) groups excluding carboxylic acids is 1. The standard InChI is InChI=1S/C13H16N2O3/c16-11-14-12-3-1-2-4-13(12)18-10-7-15-5-8-17-9-6-15/h1-4H,5-10H2. The number of rotatable bonds is 5. The van der Waals surface area contributed by atoms with E-state index in [1.165, 1.54) is 6.08 Å². The van der Waals surface area contributed by atoms with Gasteiger partial charge in [-0.2, -0.15) is 4.99 Å². The highest BCUT2D eigenvalue weighted by molar-refractivity contribution is 5.57. The van der Waals surface area contributed by atoms with Gasteiger partial charge in [-0.3, -0.25) is 4.90 Å². The second-order valence-electron chi connectivity index (χ2n) is 3.97. The highest BCUT2D eigenvalue weighted by Gasteiger charge is 2.10. The van der Waals surface area contributed by atoms with E-state index in [9.17, 15) is 4.79 Å². The molecule has 0 radical (unpaired) electrons. The molecular weight excluding hydrogens is 232 g/mol. The Labute approximate surface area is 106 Å². The molecule has 1 aliphatic heterocycles. The summed E-state index contributed by atoms with van der Waals surface area (Å²) in [6.45, 7) is 4.88. The molecule has 5 heteroatoms. The van der Waals surface area contributed by atoms with Crippen LogP contribution in [0.3, 0.4) is 0 Å². The van der Waals surface area contributed by atoms with Crippen molar-refractivity contribution in [2.75, 3.05) is 39.5 Å². The van der Waals surface area contributed by atoms with Crippen molar-refractivity contribution in [3.63, 3.8) is 0 Å². The monoisotopic (exact) mass is 248 g/mol. The average molecular weight is 248 g/mol. The highest BCUT2D eigenvalue weighted by Crippen LogP contribution is 2.26. The van der Waals surface area contributed by atoms with Gasteiger partial charge in [0.15, 0.2) is 0 Å². The fraction of sp³-hybridized carbons (Fsp3) is 0.462. The molecule has 0 unspecified atom stereocenters. The Bertz CT molecular complexity index is 424. The molecule has 1 fully saturated rings. The minimum absolute atomic E-state index is 0.523. The molecule has 0 N–H and O–H groups in total. The van der Waals surface area contributed by atoms with E-state index < -0.39 is 0 Å². The van der Waals surface area contributed by atoms with Crippen molar-refractivity contribution in [3.8, 4) is 5.75 Å². The number of aliphatic imine (C=N–C) groups is 1. The van der Waals surface area contributed by atoms with Gasteiger partial charge in [-0.05, 0) is 12.1 Å². The van der Waals surface area contributed by atoms with Gasteiger partial charge in [0, 0.05) is 19.6 Å². The summed E-state index contributed by atoms with van der Waals surface area (Å²) >= 11 is 0. The molecule has 1 saturated heterocycles. The zero-order valence-electron chi connectivity index (χ0n) is 10.2. The van der Waals surface area contributed by atoms with Crippen LogP contribution in [-0.2, 0) is 9.53 Å². The number of isocyanates is 1. The van der Waals surface area contributed by atoms with Gasteiger partial charge in [-0.1, -0.05) is 12.1 Å². The van der Waals surface area contributed by atoms with Crippen molar-refractivity contribution >= 4 is 11.8 Å². The summed E-state index contributed by atoms with van der Waals surface area (Å²) in [5, 5.41) is 0. The van der Waals surface area contributed by atoms with Gasteiger partial charge in [-0.15, -0.1) is 0 Å². The topological polar surface area (TPSA) is 51.1 Å². The average Bonchev–Trinajstić information content (AvgIpc) is 2.42. The third-order valence-electron chi connectivity index (χ3n) is 2.80. The zero-order chi connectivity index (χ0) is 12.6. The Hall–Kier alpha value is -1.68. The first-order valence-corrected chi connectivity index (χ1v) is 6.00. The van der Waals surface area contributed by atoms with Gasteiger partial charge < -0.3 is 9.47 Å². The molecule has 0 amide bonds. The number of hydrogen-bond acceptors (Lipinski definition) is 5. The number of hydrogen-bond donors (Lipinski definition) is 0. The lowest BCUT2D eigenvalue weighted by molar-refractivity contribution is 0.0323. The van der Waals surface area contributed by atoms with Gasteiger partial charge in [0.1, 0.15) is 18.0 Å². The molecule has 0 aliphatic carbocycles. The van der Waals surface area contributed by atoms with Gasteiger partial charge in [0.25, 0.3) is 0 Å². The zero-order valence-corrected chi connectivity index (χ0v) is 10.2. The second-order valence-corrected chi connectivity index (χ2v) is 3.97. The first-order chi connectivity index (χ1) is 8.90. The molecule has 1 heterocycles. The first-order valence-electron chi connectivity index (χ1n) is 6.00. The quantitative estimate of drug-likeness (QED) is 0.583. The molecule has 0 aromatic heterocycles. The summed E-state index contributed by atoms with van der Waals surface area (Å²) in [6, 6.07) is 7.20. The summed E-state index contributed by atoms with van der Waals surface area (Å²) in [5.74, 6) is 0.620. The summed E-state index contributed by atoms with van der Waals surface area (Å²) in [6.07, 6.45) is 1.53. The molecule has 1 aromatic rings. The van der Waals surface area contributed by atoms with E-state index in [-0.39, 0.29) is 0 Å². The minimum Gasteiger partial charge on any atom is -0.490 e. The lowest BCUT2D eigenvalue weighted by atomic mass is 10.3. The first kappa shape index (κ1) is 12.8. The van der Waals surface area contributed by atoms with Crippen molar-refractivity contribution in [1.82, 2.24) is 4.90 Å². The molecule has 1 aromatic carbocycles. The van der Waals surface area contributed by atoms with Gasteiger partial charge in [0.05, 0.1) is 13.2 Å². The third-order valence-corrected chi connectivity index (χ3v) is 2.80. The number of benzene rings is 1. The van der Waals surface area contributed by atoms with Crippen LogP contribution in [-0.4, -0.2) is 50.4 Å². The van der Waals surface area contributed by atoms with Crippen LogP contribution in [0.5, 0.6) is 5.75 Å². The van der Waals surface area contributed by atoms with E-state index in [1.807, 2.05) is 12.1 Å². The van der Waals surface area contributed by atoms with Crippen LogP contribution in [0.4, 0.5) is 5.69 Å². The van der Waals surface area contributed by atoms with Crippen molar-refractivity contribution in [2.24, 2.45) is 4.99 Å². The summed E-state index contributed by atoms with van der Waals surface area (Å²) < 4.78 is 10.9. The van der Waals surface area contributed by atoms with Gasteiger partial charge in [0.2, 0.25) is 6.08 Å². The fourth-order valence-corrected chi connectivity index (χ4v) is 1.83. The predicted molar refractivity (Wildman–Crippen MR) is 67.0 cm³/mol. The largest absolute Gasteiger partial charge is 0.490 e. The normalized spacial score (nSPS) is 16.0. The molecule has 96 valence electrons. The van der Waals surface area contributed by atoms with Crippen LogP contribution in [0.2, 0.25) is 0 Å². The predicted octanol–water partition coefficient (Wildman–Crippen LogP) is 1.36. The maximum Gasteiger partial charge on any atom is 0.240 e. The second kappa shape index (κ2) is 6.91. The van der Waals surface area contributed by atoms with Crippen LogP contribution in [0.25, 0.3) is 0 Å². The van der Waals surface area contributed by atoms with Crippen LogP contribution in [0.15, 0.2) is 29.3 Å². The fourth-order valence-electron chi connectivity index (χ4n) is 1.83. The van der Waals surface area contributed by atoms with Crippen LogP contribution < -0.4 is 4.74 Å². The van der Waals surface area contributed by atoms with Crippen molar-refractivity contribution < 1.29 is 14.3 Å². The van der Waals surface area contributed by atoms with E-state index >= 15 is 0 Å². The number of morpholine rings is 1. The Morgan fingerprint density at radius 3 is 2.89 bits per heavy atom. The third kappa shape index (κ3) is 3.67. The molecule has 0 atom stereocenters. The number of ether oxygens (including phenoxy) is 2. The van der Waals surface area contributed by atoms with E-state index in [0.717, 1.165) is 32.8 Å². The molecule has 18 heavy (non-hydrogen) atoms. The van der Waals surface area contributed by atoms with Crippen molar-refractivity contribution in [3.05, 3.63) is 24.3 Å². The lowest BCUT2D eigenvalue weighted by Crippen LogP contribution is -2.38. The van der Waals surface area contributed by atoms with Crippen LogP contribution in [0.1, 0.15) is 0 Å². The number of nitrogens with zero attached hydrogens (tertiary/aromatic N) is 2. The molecule has 0 spiro atoms. The Morgan fingerprint density at radius 2 is 2.11 bits per heavy atom. The highest BCUT2D eigenvalue weighted by atomic mass is 16.5. The summed E-state index contributed by atoms with van der Waals surface area (Å²) in [7, 11) is 0. The Kier molecular flexibility index (Phi) is 4.90. The summed E-state index contributed by atoms with van der Waals surface area (Å²) in [5.41, 5.74) is 0.523. The summed E-state index contributed by atoms with van der Waals surface area (Å²) in [4.78, 5) is 16.2. The Balaban J connectivity index is 1.84. The Morgan fingerprint density at radius 1 is 1.33 bits per heavy atom. The van der Waals surface area contributed by atoms with Gasteiger partial charge >= 0.3 is 0 Å². The molecule has 0 bridgehead atoms. The van der Waals surface area contributed by atoms with E-state index in [0.29, 0.717) is 18.0 Å². The molecule has 0 saturated carbocycles. The van der Waals surface area contributed by atoms with Crippen molar-refractivity contribution in [2.45, 2.75) is 0 Å². The van der Waals surface area contributed by atoms with Crippen molar-refractivity contribution in [1.29, 1.82) is 0 Å². The molecule has 1 aliphatic rings. The maximum absolute atomic E-state index is 10.3.